The lowest BCUT2D eigenvalue weighted by atomic mass is 10.2. The Morgan fingerprint density at radius 1 is 1.30 bits per heavy atom. The molecule has 1 heterocycles. The third-order valence-electron chi connectivity index (χ3n) is 2.71. The van der Waals surface area contributed by atoms with Gasteiger partial charge in [-0.1, -0.05) is 25.1 Å². The number of carbonyl (C=O) groups is 1. The molecule has 100 valence electrons. The van der Waals surface area contributed by atoms with Crippen molar-refractivity contribution in [2.75, 3.05) is 5.32 Å². The fraction of sp³-hybridized carbons (Fsp3) is 0.125. The number of para-hydroxylation sites is 1. The van der Waals surface area contributed by atoms with E-state index < -0.39 is 0 Å². The number of carbonyl (C=O) groups excluding carboxylic acids is 1. The summed E-state index contributed by atoms with van der Waals surface area (Å²) >= 11 is 1.59. The molecule has 0 aliphatic heterocycles. The Hall–Kier alpha value is -2.38. The standard InChI is InChI=1S/C16H14N2OS/c1-2-14-8-9-15(20-14)10-12(11-17)16(19)18-13-6-4-3-5-7-13/h3-10H,2H2,1H3,(H,18,19)/b12-10-. The van der Waals surface area contributed by atoms with Crippen molar-refractivity contribution in [1.82, 2.24) is 0 Å². The zero-order valence-corrected chi connectivity index (χ0v) is 11.9. The number of hydrogen-bond donors (Lipinski definition) is 1. The summed E-state index contributed by atoms with van der Waals surface area (Å²) in [5.74, 6) is -0.384. The minimum atomic E-state index is -0.384. The minimum Gasteiger partial charge on any atom is -0.321 e. The maximum absolute atomic E-state index is 12.0. The molecule has 2 rings (SSSR count). The summed E-state index contributed by atoms with van der Waals surface area (Å²) in [4.78, 5) is 14.2. The normalized spacial score (nSPS) is 10.9. The average Bonchev–Trinajstić information content (AvgIpc) is 2.93. The molecule has 1 aromatic carbocycles. The van der Waals surface area contributed by atoms with E-state index in [1.54, 1.807) is 29.5 Å². The molecule has 0 saturated carbocycles. The molecule has 0 atom stereocenters. The van der Waals surface area contributed by atoms with Gasteiger partial charge in [0, 0.05) is 15.4 Å². The molecular formula is C16H14N2OS. The first-order valence-corrected chi connectivity index (χ1v) is 7.11. The Balaban J connectivity index is 2.15. The molecule has 0 aliphatic carbocycles. The highest BCUT2D eigenvalue weighted by Gasteiger charge is 2.09. The number of thiophene rings is 1. The first-order chi connectivity index (χ1) is 9.72. The molecule has 1 amide bonds. The van der Waals surface area contributed by atoms with E-state index in [2.05, 4.69) is 12.2 Å². The number of hydrogen-bond acceptors (Lipinski definition) is 3. The Bertz CT molecular complexity index is 665. The van der Waals surface area contributed by atoms with Crippen molar-refractivity contribution in [3.63, 3.8) is 0 Å². The topological polar surface area (TPSA) is 52.9 Å². The molecule has 0 unspecified atom stereocenters. The average molecular weight is 282 g/mol. The minimum absolute atomic E-state index is 0.110. The van der Waals surface area contributed by atoms with Gasteiger partial charge < -0.3 is 5.32 Å². The Kier molecular flexibility index (Phi) is 4.70. The first kappa shape index (κ1) is 14.0. The van der Waals surface area contributed by atoms with Gasteiger partial charge >= 0.3 is 0 Å². The molecule has 0 saturated heterocycles. The number of benzene rings is 1. The first-order valence-electron chi connectivity index (χ1n) is 6.30. The smallest absolute Gasteiger partial charge is 0.266 e. The van der Waals surface area contributed by atoms with E-state index in [1.807, 2.05) is 36.4 Å². The van der Waals surface area contributed by atoms with Gasteiger partial charge in [-0.3, -0.25) is 4.79 Å². The van der Waals surface area contributed by atoms with E-state index in [-0.39, 0.29) is 11.5 Å². The molecule has 2 aromatic rings. The number of nitriles is 1. The lowest BCUT2D eigenvalue weighted by molar-refractivity contribution is -0.112. The molecule has 1 aromatic heterocycles. The third kappa shape index (κ3) is 3.56. The van der Waals surface area contributed by atoms with Crippen LogP contribution in [-0.2, 0) is 11.2 Å². The lowest BCUT2D eigenvalue weighted by Gasteiger charge is -2.03. The maximum Gasteiger partial charge on any atom is 0.266 e. The van der Waals surface area contributed by atoms with Crippen molar-refractivity contribution in [3.8, 4) is 6.07 Å². The molecule has 3 nitrogen and oxygen atoms in total. The van der Waals surface area contributed by atoms with E-state index in [0.29, 0.717) is 5.69 Å². The van der Waals surface area contributed by atoms with Crippen molar-refractivity contribution < 1.29 is 4.79 Å². The van der Waals surface area contributed by atoms with Gasteiger partial charge in [0.1, 0.15) is 11.6 Å². The molecular weight excluding hydrogens is 268 g/mol. The summed E-state index contributed by atoms with van der Waals surface area (Å²) in [6.45, 7) is 2.08. The maximum atomic E-state index is 12.0. The van der Waals surface area contributed by atoms with Crippen LogP contribution in [0.3, 0.4) is 0 Å². The SMILES string of the molecule is CCc1ccc(/C=C(/C#N)C(=O)Nc2ccccc2)s1. The molecule has 4 heteroatoms. The predicted molar refractivity (Wildman–Crippen MR) is 82.4 cm³/mol. The van der Waals surface area contributed by atoms with Gasteiger partial charge in [-0.2, -0.15) is 5.26 Å². The predicted octanol–water partition coefficient (Wildman–Crippen LogP) is 3.86. The van der Waals surface area contributed by atoms with E-state index >= 15 is 0 Å². The number of nitrogens with zero attached hydrogens (tertiary/aromatic N) is 1. The summed E-state index contributed by atoms with van der Waals surface area (Å²) in [5, 5.41) is 11.8. The van der Waals surface area contributed by atoms with Gasteiger partial charge in [0.25, 0.3) is 5.91 Å². The highest BCUT2D eigenvalue weighted by atomic mass is 32.1. The zero-order chi connectivity index (χ0) is 14.4. The van der Waals surface area contributed by atoms with Crippen LogP contribution in [0.4, 0.5) is 5.69 Å². The second-order valence-corrected chi connectivity index (χ2v) is 5.35. The molecule has 0 bridgehead atoms. The molecule has 0 fully saturated rings. The van der Waals surface area contributed by atoms with Crippen molar-refractivity contribution >= 4 is 29.0 Å². The van der Waals surface area contributed by atoms with Crippen molar-refractivity contribution in [2.45, 2.75) is 13.3 Å². The van der Waals surface area contributed by atoms with Crippen LogP contribution >= 0.6 is 11.3 Å². The van der Waals surface area contributed by atoms with Crippen LogP contribution in [0.15, 0.2) is 48.0 Å². The van der Waals surface area contributed by atoms with Crippen LogP contribution in [0.5, 0.6) is 0 Å². The van der Waals surface area contributed by atoms with Crippen LogP contribution in [0.2, 0.25) is 0 Å². The molecule has 20 heavy (non-hydrogen) atoms. The number of amides is 1. The Morgan fingerprint density at radius 2 is 2.05 bits per heavy atom. The van der Waals surface area contributed by atoms with E-state index in [1.165, 1.54) is 4.88 Å². The van der Waals surface area contributed by atoms with Crippen LogP contribution in [-0.4, -0.2) is 5.91 Å². The van der Waals surface area contributed by atoms with Crippen LogP contribution in [0.25, 0.3) is 6.08 Å². The second-order valence-electron chi connectivity index (χ2n) is 4.15. The largest absolute Gasteiger partial charge is 0.321 e. The van der Waals surface area contributed by atoms with Gasteiger partial charge in [-0.05, 0) is 36.8 Å². The molecule has 1 N–H and O–H groups in total. The third-order valence-corrected chi connectivity index (χ3v) is 3.89. The van der Waals surface area contributed by atoms with Gasteiger partial charge in [-0.25, -0.2) is 0 Å². The molecule has 0 radical (unpaired) electrons. The Morgan fingerprint density at radius 3 is 2.65 bits per heavy atom. The molecule has 0 spiro atoms. The highest BCUT2D eigenvalue weighted by molar-refractivity contribution is 7.12. The number of nitrogens with one attached hydrogen (secondary N) is 1. The Labute approximate surface area is 122 Å². The monoisotopic (exact) mass is 282 g/mol. The quantitative estimate of drug-likeness (QED) is 0.684. The fourth-order valence-corrected chi connectivity index (χ4v) is 2.57. The molecule has 0 aliphatic rings. The van der Waals surface area contributed by atoms with Crippen LogP contribution < -0.4 is 5.32 Å². The summed E-state index contributed by atoms with van der Waals surface area (Å²) in [6, 6.07) is 15.0. The van der Waals surface area contributed by atoms with Crippen molar-refractivity contribution in [3.05, 3.63) is 57.8 Å². The number of rotatable bonds is 4. The highest BCUT2D eigenvalue weighted by Crippen LogP contribution is 2.20. The van der Waals surface area contributed by atoms with Gasteiger partial charge in [-0.15, -0.1) is 11.3 Å². The summed E-state index contributed by atoms with van der Waals surface area (Å²) < 4.78 is 0. The van der Waals surface area contributed by atoms with Crippen LogP contribution in [0.1, 0.15) is 16.7 Å². The summed E-state index contributed by atoms with van der Waals surface area (Å²) in [5.41, 5.74) is 0.789. The van der Waals surface area contributed by atoms with Gasteiger partial charge in [0.15, 0.2) is 0 Å². The van der Waals surface area contributed by atoms with Gasteiger partial charge in [0.2, 0.25) is 0 Å². The van der Waals surface area contributed by atoms with Gasteiger partial charge in [0.05, 0.1) is 0 Å². The van der Waals surface area contributed by atoms with E-state index in [0.717, 1.165) is 11.3 Å². The number of aryl methyl sites for hydroxylation is 1. The lowest BCUT2D eigenvalue weighted by Crippen LogP contribution is -2.13. The van der Waals surface area contributed by atoms with Crippen LogP contribution in [0, 0.1) is 11.3 Å². The van der Waals surface area contributed by atoms with Crippen molar-refractivity contribution in [1.29, 1.82) is 5.26 Å². The summed E-state index contributed by atoms with van der Waals surface area (Å²) in [6.07, 6.45) is 2.58. The zero-order valence-electron chi connectivity index (χ0n) is 11.1. The fourth-order valence-electron chi connectivity index (χ4n) is 1.67. The second kappa shape index (κ2) is 6.69. The van der Waals surface area contributed by atoms with Crippen molar-refractivity contribution in [2.24, 2.45) is 0 Å². The number of anilines is 1. The van der Waals surface area contributed by atoms with E-state index in [4.69, 9.17) is 5.26 Å². The summed E-state index contributed by atoms with van der Waals surface area (Å²) in [7, 11) is 0. The van der Waals surface area contributed by atoms with E-state index in [9.17, 15) is 4.79 Å².